The van der Waals surface area contributed by atoms with Crippen LogP contribution in [-0.2, 0) is 9.59 Å². The summed E-state index contributed by atoms with van der Waals surface area (Å²) in [5, 5.41) is 3.26. The van der Waals surface area contributed by atoms with E-state index in [2.05, 4.69) is 5.32 Å². The molecule has 124 valence electrons. The van der Waals surface area contributed by atoms with Crippen LogP contribution in [0.15, 0.2) is 24.3 Å². The number of piperazine rings is 1. The summed E-state index contributed by atoms with van der Waals surface area (Å²) in [4.78, 5) is 28.3. The molecule has 0 radical (unpaired) electrons. The number of rotatable bonds is 2. The molecule has 1 aromatic rings. The standard InChI is InChI=1S/C17H22FN3O2/c1-20-7-5-13(10-16(20)22)17(23)21-8-6-19-11-15(21)12-3-2-4-14(18)9-12/h2-4,9,13,15,19H,5-8,10-11H2,1H3. The van der Waals surface area contributed by atoms with Crippen LogP contribution in [0.5, 0.6) is 0 Å². The monoisotopic (exact) mass is 319 g/mol. The van der Waals surface area contributed by atoms with Crippen molar-refractivity contribution in [2.45, 2.75) is 18.9 Å². The zero-order valence-corrected chi connectivity index (χ0v) is 13.3. The highest BCUT2D eigenvalue weighted by Crippen LogP contribution is 2.28. The minimum absolute atomic E-state index is 0.0159. The third kappa shape index (κ3) is 3.37. The fraction of sp³-hybridized carbons (Fsp3) is 0.529. The van der Waals surface area contributed by atoms with Crippen LogP contribution < -0.4 is 5.32 Å². The van der Waals surface area contributed by atoms with E-state index in [1.807, 2.05) is 11.0 Å². The van der Waals surface area contributed by atoms with Gasteiger partial charge in [-0.2, -0.15) is 0 Å². The van der Waals surface area contributed by atoms with Gasteiger partial charge in [-0.1, -0.05) is 12.1 Å². The molecule has 1 N–H and O–H groups in total. The number of hydrogen-bond donors (Lipinski definition) is 1. The molecule has 2 aliphatic rings. The molecule has 2 atom stereocenters. The first kappa shape index (κ1) is 15.9. The Morgan fingerprint density at radius 2 is 2.17 bits per heavy atom. The van der Waals surface area contributed by atoms with E-state index in [1.54, 1.807) is 18.0 Å². The highest BCUT2D eigenvalue weighted by Gasteiger charge is 2.35. The van der Waals surface area contributed by atoms with Gasteiger partial charge in [0.25, 0.3) is 0 Å². The zero-order chi connectivity index (χ0) is 16.4. The van der Waals surface area contributed by atoms with Gasteiger partial charge in [0.15, 0.2) is 0 Å². The molecule has 2 fully saturated rings. The lowest BCUT2D eigenvalue weighted by atomic mass is 9.93. The van der Waals surface area contributed by atoms with Crippen LogP contribution in [0.2, 0.25) is 0 Å². The molecule has 1 aromatic carbocycles. The summed E-state index contributed by atoms with van der Waals surface area (Å²) >= 11 is 0. The maximum absolute atomic E-state index is 13.5. The van der Waals surface area contributed by atoms with Gasteiger partial charge in [0.05, 0.1) is 6.04 Å². The van der Waals surface area contributed by atoms with Crippen molar-refractivity contribution in [3.63, 3.8) is 0 Å². The molecule has 0 saturated carbocycles. The first-order valence-corrected chi connectivity index (χ1v) is 8.07. The largest absolute Gasteiger partial charge is 0.346 e. The van der Waals surface area contributed by atoms with Gasteiger partial charge < -0.3 is 15.1 Å². The quantitative estimate of drug-likeness (QED) is 0.890. The van der Waals surface area contributed by atoms with Crippen molar-refractivity contribution in [3.8, 4) is 0 Å². The van der Waals surface area contributed by atoms with E-state index in [9.17, 15) is 14.0 Å². The van der Waals surface area contributed by atoms with Gasteiger partial charge >= 0.3 is 0 Å². The van der Waals surface area contributed by atoms with Crippen molar-refractivity contribution in [2.24, 2.45) is 5.92 Å². The van der Waals surface area contributed by atoms with Crippen molar-refractivity contribution in [1.29, 1.82) is 0 Å². The van der Waals surface area contributed by atoms with Gasteiger partial charge in [-0.15, -0.1) is 0 Å². The molecular weight excluding hydrogens is 297 g/mol. The van der Waals surface area contributed by atoms with Crippen molar-refractivity contribution in [1.82, 2.24) is 15.1 Å². The number of amides is 2. The van der Waals surface area contributed by atoms with Crippen molar-refractivity contribution in [2.75, 3.05) is 33.2 Å². The van der Waals surface area contributed by atoms with E-state index >= 15 is 0 Å². The molecule has 2 unspecified atom stereocenters. The number of halogens is 1. The summed E-state index contributed by atoms with van der Waals surface area (Å²) in [7, 11) is 1.77. The second-order valence-corrected chi connectivity index (χ2v) is 6.31. The van der Waals surface area contributed by atoms with Crippen LogP contribution >= 0.6 is 0 Å². The minimum Gasteiger partial charge on any atom is -0.346 e. The number of likely N-dealkylation sites (tertiary alicyclic amines) is 1. The predicted octanol–water partition coefficient (Wildman–Crippen LogP) is 1.17. The number of carbonyl (C=O) groups is 2. The highest BCUT2D eigenvalue weighted by atomic mass is 19.1. The average Bonchev–Trinajstić information content (AvgIpc) is 2.57. The van der Waals surface area contributed by atoms with Gasteiger partial charge in [-0.25, -0.2) is 4.39 Å². The summed E-state index contributed by atoms with van der Waals surface area (Å²) in [5.74, 6) is -0.517. The molecular formula is C17H22FN3O2. The van der Waals surface area contributed by atoms with E-state index in [0.717, 1.165) is 12.1 Å². The lowest BCUT2D eigenvalue weighted by Gasteiger charge is -2.40. The zero-order valence-electron chi connectivity index (χ0n) is 13.3. The van der Waals surface area contributed by atoms with Gasteiger partial charge in [0.2, 0.25) is 11.8 Å². The van der Waals surface area contributed by atoms with Gasteiger partial charge in [-0.05, 0) is 24.1 Å². The number of hydrogen-bond acceptors (Lipinski definition) is 3. The molecule has 2 saturated heterocycles. The highest BCUT2D eigenvalue weighted by molar-refractivity contribution is 5.87. The third-order valence-corrected chi connectivity index (χ3v) is 4.77. The number of benzene rings is 1. The molecule has 23 heavy (non-hydrogen) atoms. The van der Waals surface area contributed by atoms with Crippen LogP contribution in [0.25, 0.3) is 0 Å². The number of nitrogens with one attached hydrogen (secondary N) is 1. The lowest BCUT2D eigenvalue weighted by Crippen LogP contribution is -2.52. The Kier molecular flexibility index (Phi) is 4.61. The maximum atomic E-state index is 13.5. The minimum atomic E-state index is -0.296. The van der Waals surface area contributed by atoms with E-state index < -0.39 is 0 Å². The Bertz CT molecular complexity index is 607. The van der Waals surface area contributed by atoms with E-state index in [4.69, 9.17) is 0 Å². The van der Waals surface area contributed by atoms with Crippen LogP contribution in [0.4, 0.5) is 4.39 Å². The van der Waals surface area contributed by atoms with E-state index in [0.29, 0.717) is 26.1 Å². The Morgan fingerprint density at radius 3 is 2.91 bits per heavy atom. The van der Waals surface area contributed by atoms with Crippen LogP contribution in [-0.4, -0.2) is 54.8 Å². The maximum Gasteiger partial charge on any atom is 0.226 e. The molecule has 0 aliphatic carbocycles. The van der Waals surface area contributed by atoms with E-state index in [1.165, 1.54) is 12.1 Å². The molecule has 2 amide bonds. The molecule has 3 rings (SSSR count). The van der Waals surface area contributed by atoms with Gasteiger partial charge in [-0.3, -0.25) is 9.59 Å². The first-order valence-electron chi connectivity index (χ1n) is 8.07. The van der Waals surface area contributed by atoms with Crippen molar-refractivity contribution in [3.05, 3.63) is 35.6 Å². The SMILES string of the molecule is CN1CCC(C(=O)N2CCNCC2c2cccc(F)c2)CC1=O. The first-order chi connectivity index (χ1) is 11.1. The number of carbonyl (C=O) groups excluding carboxylic acids is 2. The smallest absolute Gasteiger partial charge is 0.226 e. The molecule has 2 aliphatic heterocycles. The normalized spacial score (nSPS) is 25.6. The summed E-state index contributed by atoms with van der Waals surface area (Å²) in [6.45, 7) is 2.53. The molecule has 0 bridgehead atoms. The molecule has 5 nitrogen and oxygen atoms in total. The second kappa shape index (κ2) is 6.66. The Hall–Kier alpha value is -1.95. The number of piperidine rings is 1. The van der Waals surface area contributed by atoms with Crippen LogP contribution in [0, 0.1) is 11.7 Å². The fourth-order valence-electron chi connectivity index (χ4n) is 3.37. The topological polar surface area (TPSA) is 52.7 Å². The van der Waals surface area contributed by atoms with Crippen LogP contribution in [0.3, 0.4) is 0 Å². The van der Waals surface area contributed by atoms with Crippen molar-refractivity contribution < 1.29 is 14.0 Å². The predicted molar refractivity (Wildman–Crippen MR) is 84.1 cm³/mol. The second-order valence-electron chi connectivity index (χ2n) is 6.31. The molecule has 0 aromatic heterocycles. The summed E-state index contributed by atoms with van der Waals surface area (Å²) in [5.41, 5.74) is 0.796. The summed E-state index contributed by atoms with van der Waals surface area (Å²) in [6, 6.07) is 6.22. The Morgan fingerprint density at radius 1 is 1.35 bits per heavy atom. The molecule has 0 spiro atoms. The van der Waals surface area contributed by atoms with Crippen molar-refractivity contribution >= 4 is 11.8 Å². The Labute approximate surface area is 135 Å². The summed E-state index contributed by atoms with van der Waals surface area (Å²) in [6.07, 6.45) is 0.968. The van der Waals surface area contributed by atoms with Crippen LogP contribution in [0.1, 0.15) is 24.4 Å². The average molecular weight is 319 g/mol. The fourth-order valence-corrected chi connectivity index (χ4v) is 3.37. The summed E-state index contributed by atoms with van der Waals surface area (Å²) < 4.78 is 13.5. The lowest BCUT2D eigenvalue weighted by molar-refractivity contribution is -0.146. The molecule has 6 heteroatoms. The third-order valence-electron chi connectivity index (χ3n) is 4.77. The van der Waals surface area contributed by atoms with Gasteiger partial charge in [0, 0.05) is 45.6 Å². The van der Waals surface area contributed by atoms with Gasteiger partial charge in [0.1, 0.15) is 5.82 Å². The Balaban J connectivity index is 1.78. The number of nitrogens with zero attached hydrogens (tertiary/aromatic N) is 2. The van der Waals surface area contributed by atoms with E-state index in [-0.39, 0.29) is 36.0 Å². The molecule has 2 heterocycles.